The Bertz CT molecular complexity index is 814. The third-order valence-corrected chi connectivity index (χ3v) is 4.12. The van der Waals surface area contributed by atoms with Crippen LogP contribution in [0.3, 0.4) is 0 Å². The predicted octanol–water partition coefficient (Wildman–Crippen LogP) is 2.48. The monoisotopic (exact) mass is 340 g/mol. The highest BCUT2D eigenvalue weighted by Crippen LogP contribution is 2.22. The number of aromatic nitrogens is 1. The van der Waals surface area contributed by atoms with Crippen LogP contribution in [0.1, 0.15) is 28.9 Å². The molecule has 0 unspecified atom stereocenters. The molecule has 1 aromatic heterocycles. The number of nitriles is 1. The minimum atomic E-state index is -0.452. The lowest BCUT2D eigenvalue weighted by Gasteiger charge is -2.32. The maximum absolute atomic E-state index is 12.4. The molecule has 1 N–H and O–H groups in total. The molecule has 128 valence electrons. The van der Waals surface area contributed by atoms with Gasteiger partial charge in [-0.1, -0.05) is 0 Å². The number of likely N-dealkylation sites (tertiary alicyclic amines) is 1. The van der Waals surface area contributed by atoms with Gasteiger partial charge in [-0.2, -0.15) is 5.26 Å². The number of amides is 1. The molecule has 8 heteroatoms. The minimum Gasteiger partial charge on any atom is -0.490 e. The van der Waals surface area contributed by atoms with E-state index in [2.05, 4.69) is 4.98 Å². The molecule has 0 bridgehead atoms. The lowest BCUT2D eigenvalue weighted by Crippen LogP contribution is -2.41. The third-order valence-electron chi connectivity index (χ3n) is 4.12. The fraction of sp³-hybridized carbons (Fsp3) is 0.294. The first kappa shape index (κ1) is 16.5. The lowest BCUT2D eigenvalue weighted by molar-refractivity contribution is -0.384. The van der Waals surface area contributed by atoms with E-state index in [4.69, 9.17) is 10.00 Å². The number of nitro benzene ring substituents is 1. The molecule has 1 aliphatic rings. The number of piperidine rings is 1. The summed E-state index contributed by atoms with van der Waals surface area (Å²) in [6.07, 6.45) is 2.82. The number of non-ortho nitro benzene ring substituents is 1. The number of nitro groups is 1. The molecule has 0 aliphatic carbocycles. The van der Waals surface area contributed by atoms with Crippen LogP contribution in [-0.4, -0.2) is 39.9 Å². The van der Waals surface area contributed by atoms with Gasteiger partial charge >= 0.3 is 0 Å². The van der Waals surface area contributed by atoms with Crippen molar-refractivity contribution in [2.24, 2.45) is 0 Å². The Morgan fingerprint density at radius 3 is 2.56 bits per heavy atom. The zero-order chi connectivity index (χ0) is 17.8. The van der Waals surface area contributed by atoms with Gasteiger partial charge in [-0.3, -0.25) is 14.9 Å². The van der Waals surface area contributed by atoms with Crippen molar-refractivity contribution in [1.82, 2.24) is 9.88 Å². The number of benzene rings is 1. The van der Waals surface area contributed by atoms with E-state index >= 15 is 0 Å². The highest BCUT2D eigenvalue weighted by molar-refractivity contribution is 5.92. The number of hydrogen-bond donors (Lipinski definition) is 1. The van der Waals surface area contributed by atoms with Crippen LogP contribution in [0.5, 0.6) is 5.75 Å². The van der Waals surface area contributed by atoms with Gasteiger partial charge in [0, 0.05) is 44.3 Å². The van der Waals surface area contributed by atoms with E-state index in [1.54, 1.807) is 23.1 Å². The van der Waals surface area contributed by atoms with Crippen molar-refractivity contribution < 1.29 is 14.5 Å². The quantitative estimate of drug-likeness (QED) is 0.678. The van der Waals surface area contributed by atoms with Crippen molar-refractivity contribution in [3.8, 4) is 11.8 Å². The molecule has 8 nitrogen and oxygen atoms in total. The van der Waals surface area contributed by atoms with Crippen molar-refractivity contribution in [3.63, 3.8) is 0 Å². The summed E-state index contributed by atoms with van der Waals surface area (Å²) >= 11 is 0. The highest BCUT2D eigenvalue weighted by atomic mass is 16.6. The summed E-state index contributed by atoms with van der Waals surface area (Å²) in [5, 5.41) is 19.5. The summed E-state index contributed by atoms with van der Waals surface area (Å²) in [6.45, 7) is 1.11. The summed E-state index contributed by atoms with van der Waals surface area (Å²) in [7, 11) is 0. The Hall–Kier alpha value is -3.34. The van der Waals surface area contributed by atoms with Gasteiger partial charge in [-0.15, -0.1) is 0 Å². The van der Waals surface area contributed by atoms with E-state index in [0.717, 1.165) is 0 Å². The van der Waals surface area contributed by atoms with Crippen molar-refractivity contribution in [2.75, 3.05) is 13.1 Å². The van der Waals surface area contributed by atoms with Gasteiger partial charge in [0.05, 0.1) is 10.5 Å². The van der Waals surface area contributed by atoms with Crippen molar-refractivity contribution in [2.45, 2.75) is 18.9 Å². The Balaban J connectivity index is 1.54. The number of H-pyrrole nitrogens is 1. The number of carbonyl (C=O) groups excluding carboxylic acids is 1. The topological polar surface area (TPSA) is 112 Å². The number of nitrogens with zero attached hydrogens (tertiary/aromatic N) is 3. The highest BCUT2D eigenvalue weighted by Gasteiger charge is 2.25. The maximum atomic E-state index is 12.4. The van der Waals surface area contributed by atoms with E-state index in [0.29, 0.717) is 42.9 Å². The summed E-state index contributed by atoms with van der Waals surface area (Å²) in [5.74, 6) is 0.452. The summed E-state index contributed by atoms with van der Waals surface area (Å²) in [4.78, 5) is 27.1. The van der Waals surface area contributed by atoms with Crippen molar-refractivity contribution in [3.05, 3.63) is 57.9 Å². The SMILES string of the molecule is N#Cc1c[nH]c(C(=O)N2CCC(Oc3ccc([N+](=O)[O-])cc3)CC2)c1. The van der Waals surface area contributed by atoms with Gasteiger partial charge in [-0.25, -0.2) is 0 Å². The predicted molar refractivity (Wildman–Crippen MR) is 88.2 cm³/mol. The van der Waals surface area contributed by atoms with Crippen LogP contribution < -0.4 is 4.74 Å². The van der Waals surface area contributed by atoms with Crippen LogP contribution >= 0.6 is 0 Å². The van der Waals surface area contributed by atoms with E-state index in [-0.39, 0.29) is 17.7 Å². The Morgan fingerprint density at radius 1 is 1.32 bits per heavy atom. The van der Waals surface area contributed by atoms with Crippen LogP contribution in [0.2, 0.25) is 0 Å². The second-order valence-corrected chi connectivity index (χ2v) is 5.77. The molecule has 0 atom stereocenters. The maximum Gasteiger partial charge on any atom is 0.270 e. The number of nitrogens with one attached hydrogen (secondary N) is 1. The Kier molecular flexibility index (Phi) is 4.66. The second kappa shape index (κ2) is 7.05. The molecule has 1 fully saturated rings. The lowest BCUT2D eigenvalue weighted by atomic mass is 10.1. The van der Waals surface area contributed by atoms with Gasteiger partial charge < -0.3 is 14.6 Å². The van der Waals surface area contributed by atoms with Gasteiger partial charge in [0.15, 0.2) is 0 Å². The molecule has 1 aromatic carbocycles. The average Bonchev–Trinajstić information content (AvgIpc) is 3.11. The number of aromatic amines is 1. The van der Waals surface area contributed by atoms with Crippen LogP contribution in [0.15, 0.2) is 36.5 Å². The van der Waals surface area contributed by atoms with E-state index < -0.39 is 4.92 Å². The van der Waals surface area contributed by atoms with Crippen LogP contribution in [0.25, 0.3) is 0 Å². The standard InChI is InChI=1S/C17H16N4O4/c18-10-12-9-16(19-11-12)17(22)20-7-5-15(6-8-20)25-14-3-1-13(2-4-14)21(23)24/h1-4,9,11,15,19H,5-8H2. The molecule has 3 rings (SSSR count). The zero-order valence-corrected chi connectivity index (χ0v) is 13.3. The molecule has 1 saturated heterocycles. The first-order valence-electron chi connectivity index (χ1n) is 7.85. The fourth-order valence-corrected chi connectivity index (χ4v) is 2.77. The zero-order valence-electron chi connectivity index (χ0n) is 13.3. The summed E-state index contributed by atoms with van der Waals surface area (Å²) in [6, 6.07) is 9.51. The number of rotatable bonds is 4. The van der Waals surface area contributed by atoms with Crippen LogP contribution in [0.4, 0.5) is 5.69 Å². The van der Waals surface area contributed by atoms with E-state index in [1.807, 2.05) is 6.07 Å². The molecule has 1 amide bonds. The van der Waals surface area contributed by atoms with Gasteiger partial charge in [0.25, 0.3) is 11.6 Å². The smallest absolute Gasteiger partial charge is 0.270 e. The summed E-state index contributed by atoms with van der Waals surface area (Å²) in [5.41, 5.74) is 0.862. The molecule has 0 spiro atoms. The molecule has 2 heterocycles. The molecule has 0 saturated carbocycles. The molecule has 2 aromatic rings. The molecular weight excluding hydrogens is 324 g/mol. The Morgan fingerprint density at radius 2 is 2.00 bits per heavy atom. The molecular formula is C17H16N4O4. The number of carbonyl (C=O) groups is 1. The normalized spacial score (nSPS) is 14.8. The molecule has 1 aliphatic heterocycles. The van der Waals surface area contributed by atoms with Crippen LogP contribution in [-0.2, 0) is 0 Å². The first-order chi connectivity index (χ1) is 12.1. The number of ether oxygens (including phenoxy) is 1. The Labute approximate surface area is 143 Å². The second-order valence-electron chi connectivity index (χ2n) is 5.77. The van der Waals surface area contributed by atoms with Gasteiger partial charge in [-0.05, 0) is 18.2 Å². The average molecular weight is 340 g/mol. The number of hydrogen-bond acceptors (Lipinski definition) is 5. The summed E-state index contributed by atoms with van der Waals surface area (Å²) < 4.78 is 5.83. The molecule has 0 radical (unpaired) electrons. The first-order valence-corrected chi connectivity index (χ1v) is 7.85. The fourth-order valence-electron chi connectivity index (χ4n) is 2.77. The van der Waals surface area contributed by atoms with Crippen molar-refractivity contribution >= 4 is 11.6 Å². The third kappa shape index (κ3) is 3.77. The van der Waals surface area contributed by atoms with E-state index in [1.165, 1.54) is 18.3 Å². The van der Waals surface area contributed by atoms with Crippen LogP contribution in [0, 0.1) is 21.4 Å². The largest absolute Gasteiger partial charge is 0.490 e. The van der Waals surface area contributed by atoms with E-state index in [9.17, 15) is 14.9 Å². The van der Waals surface area contributed by atoms with Gasteiger partial charge in [0.1, 0.15) is 23.6 Å². The molecule has 25 heavy (non-hydrogen) atoms. The van der Waals surface area contributed by atoms with Gasteiger partial charge in [0.2, 0.25) is 0 Å². The van der Waals surface area contributed by atoms with Crippen molar-refractivity contribution in [1.29, 1.82) is 5.26 Å². The minimum absolute atomic E-state index is 0.0236.